The smallest absolute Gasteiger partial charge is 0.257 e. The Kier molecular flexibility index (Phi) is 5.07. The third-order valence-electron chi connectivity index (χ3n) is 4.87. The molecule has 26 heavy (non-hydrogen) atoms. The summed E-state index contributed by atoms with van der Waals surface area (Å²) in [6.45, 7) is 3.40. The molecular weight excluding hydrogens is 328 g/mol. The van der Waals surface area contributed by atoms with Crippen LogP contribution < -0.4 is 5.32 Å². The van der Waals surface area contributed by atoms with Crippen LogP contribution in [0.4, 0.5) is 5.69 Å². The van der Waals surface area contributed by atoms with E-state index in [2.05, 4.69) is 24.0 Å². The zero-order valence-corrected chi connectivity index (χ0v) is 14.7. The number of nitrogens with zero attached hydrogens (tertiary/aromatic N) is 1. The number of likely N-dealkylation sites (N-methyl/N-ethyl adjacent to an activating group) is 1. The van der Waals surface area contributed by atoms with E-state index in [0.29, 0.717) is 5.69 Å². The van der Waals surface area contributed by atoms with Gasteiger partial charge in [-0.25, -0.2) is 0 Å². The molecular formula is C21H22N2O3. The largest absolute Gasteiger partial charge is 0.507 e. The normalized spacial score (nSPS) is 15.7. The number of carbonyl (C=O) groups is 2. The fourth-order valence-corrected chi connectivity index (χ4v) is 3.34. The van der Waals surface area contributed by atoms with E-state index >= 15 is 0 Å². The second-order valence-corrected chi connectivity index (χ2v) is 6.51. The molecule has 1 unspecified atom stereocenters. The van der Waals surface area contributed by atoms with Gasteiger partial charge in [-0.2, -0.15) is 0 Å². The van der Waals surface area contributed by atoms with Crippen molar-refractivity contribution in [2.24, 2.45) is 0 Å². The number of rotatable bonds is 4. The van der Waals surface area contributed by atoms with Gasteiger partial charge in [0.05, 0.1) is 5.56 Å². The monoisotopic (exact) mass is 350 g/mol. The Balaban J connectivity index is 1.79. The van der Waals surface area contributed by atoms with Crippen molar-refractivity contribution >= 4 is 17.5 Å². The van der Waals surface area contributed by atoms with E-state index < -0.39 is 0 Å². The minimum absolute atomic E-state index is 0.0724. The number of fused-ring (bicyclic) bond motifs is 1. The Labute approximate surface area is 153 Å². The lowest BCUT2D eigenvalue weighted by molar-refractivity contribution is -0.111. The Morgan fingerprint density at radius 2 is 1.96 bits per heavy atom. The molecule has 0 aromatic heterocycles. The van der Waals surface area contributed by atoms with Gasteiger partial charge in [0.1, 0.15) is 5.75 Å². The minimum atomic E-state index is -0.369. The maximum absolute atomic E-state index is 12.9. The van der Waals surface area contributed by atoms with Gasteiger partial charge in [0.15, 0.2) is 0 Å². The summed E-state index contributed by atoms with van der Waals surface area (Å²) in [4.78, 5) is 26.1. The summed E-state index contributed by atoms with van der Waals surface area (Å²) in [5, 5.41) is 12.7. The van der Waals surface area contributed by atoms with Gasteiger partial charge in [0, 0.05) is 18.8 Å². The molecule has 2 aromatic carbocycles. The van der Waals surface area contributed by atoms with Crippen molar-refractivity contribution in [1.29, 1.82) is 0 Å². The summed E-state index contributed by atoms with van der Waals surface area (Å²) in [6.07, 6.45) is 3.76. The van der Waals surface area contributed by atoms with E-state index in [1.54, 1.807) is 18.0 Å². The van der Waals surface area contributed by atoms with Gasteiger partial charge in [0.25, 0.3) is 5.91 Å². The number of benzene rings is 2. The lowest BCUT2D eigenvalue weighted by Gasteiger charge is -2.32. The molecule has 1 aliphatic rings. The van der Waals surface area contributed by atoms with Crippen LogP contribution in [-0.2, 0) is 17.6 Å². The van der Waals surface area contributed by atoms with Crippen LogP contribution in [0.5, 0.6) is 5.75 Å². The van der Waals surface area contributed by atoms with Crippen LogP contribution in [-0.4, -0.2) is 34.9 Å². The van der Waals surface area contributed by atoms with Crippen LogP contribution in [0.3, 0.4) is 0 Å². The molecule has 0 fully saturated rings. The second-order valence-electron chi connectivity index (χ2n) is 6.51. The highest BCUT2D eigenvalue weighted by atomic mass is 16.3. The lowest BCUT2D eigenvalue weighted by Crippen LogP contribution is -2.40. The van der Waals surface area contributed by atoms with Gasteiger partial charge < -0.3 is 15.3 Å². The Hall–Kier alpha value is -3.08. The Morgan fingerprint density at radius 1 is 1.23 bits per heavy atom. The summed E-state index contributed by atoms with van der Waals surface area (Å²) in [6, 6.07) is 12.8. The molecule has 0 bridgehead atoms. The predicted octanol–water partition coefficient (Wildman–Crippen LogP) is 3.15. The first-order valence-electron chi connectivity index (χ1n) is 8.60. The number of hydrogen-bond acceptors (Lipinski definition) is 3. The third kappa shape index (κ3) is 3.61. The van der Waals surface area contributed by atoms with Crippen molar-refractivity contribution in [3.8, 4) is 5.75 Å². The molecule has 0 saturated heterocycles. The fourth-order valence-electron chi connectivity index (χ4n) is 3.34. The number of hydrogen-bond donors (Lipinski definition) is 2. The van der Waals surface area contributed by atoms with E-state index in [1.807, 2.05) is 12.1 Å². The standard InChI is InChI=1S/C21H22N2O3/c1-3-20(25)22-16-9-11-19(24)18(13-16)21(26)23(2)17-10-8-14-6-4-5-7-15(14)12-17/h3-7,9,11,13,17,24H,1,8,10,12H2,2H3,(H,22,25). The van der Waals surface area contributed by atoms with Crippen molar-refractivity contribution in [3.63, 3.8) is 0 Å². The maximum atomic E-state index is 12.9. The molecule has 3 rings (SSSR count). The molecule has 134 valence electrons. The van der Waals surface area contributed by atoms with Crippen LogP contribution >= 0.6 is 0 Å². The average molecular weight is 350 g/mol. The summed E-state index contributed by atoms with van der Waals surface area (Å²) >= 11 is 0. The highest BCUT2D eigenvalue weighted by Crippen LogP contribution is 2.27. The molecule has 2 aromatic rings. The predicted molar refractivity (Wildman–Crippen MR) is 101 cm³/mol. The van der Waals surface area contributed by atoms with Gasteiger partial charge >= 0.3 is 0 Å². The number of aromatic hydroxyl groups is 1. The highest BCUT2D eigenvalue weighted by Gasteiger charge is 2.27. The van der Waals surface area contributed by atoms with Crippen LogP contribution in [0.25, 0.3) is 0 Å². The molecule has 0 radical (unpaired) electrons. The number of anilines is 1. The first-order valence-corrected chi connectivity index (χ1v) is 8.60. The molecule has 0 spiro atoms. The number of aryl methyl sites for hydroxylation is 1. The molecule has 1 atom stereocenters. The quantitative estimate of drug-likeness (QED) is 0.657. The zero-order valence-electron chi connectivity index (χ0n) is 14.7. The van der Waals surface area contributed by atoms with Gasteiger partial charge in [-0.1, -0.05) is 30.8 Å². The van der Waals surface area contributed by atoms with Gasteiger partial charge in [-0.3, -0.25) is 9.59 Å². The minimum Gasteiger partial charge on any atom is -0.507 e. The third-order valence-corrected chi connectivity index (χ3v) is 4.87. The van der Waals surface area contributed by atoms with Gasteiger partial charge in [0.2, 0.25) is 5.91 Å². The molecule has 5 nitrogen and oxygen atoms in total. The van der Waals surface area contributed by atoms with Gasteiger partial charge in [-0.15, -0.1) is 0 Å². The van der Waals surface area contributed by atoms with Gasteiger partial charge in [-0.05, 0) is 54.7 Å². The van der Waals surface area contributed by atoms with Crippen molar-refractivity contribution in [2.75, 3.05) is 12.4 Å². The summed E-state index contributed by atoms with van der Waals surface area (Å²) in [5.74, 6) is -0.734. The molecule has 5 heteroatoms. The van der Waals surface area contributed by atoms with E-state index in [1.165, 1.54) is 23.3 Å². The Bertz CT molecular complexity index is 860. The lowest BCUT2D eigenvalue weighted by atomic mass is 9.87. The fraction of sp³-hybridized carbons (Fsp3) is 0.238. The summed E-state index contributed by atoms with van der Waals surface area (Å²) < 4.78 is 0. The Morgan fingerprint density at radius 3 is 2.69 bits per heavy atom. The van der Waals surface area contributed by atoms with Crippen LogP contribution in [0.1, 0.15) is 27.9 Å². The van der Waals surface area contributed by atoms with E-state index in [-0.39, 0.29) is 29.2 Å². The molecule has 2 amide bonds. The number of phenols is 1. The van der Waals surface area contributed by atoms with E-state index in [9.17, 15) is 14.7 Å². The highest BCUT2D eigenvalue weighted by molar-refractivity contribution is 6.02. The van der Waals surface area contributed by atoms with Crippen molar-refractivity contribution < 1.29 is 14.7 Å². The van der Waals surface area contributed by atoms with Crippen LogP contribution in [0, 0.1) is 0 Å². The molecule has 2 N–H and O–H groups in total. The van der Waals surface area contributed by atoms with Crippen LogP contribution in [0.2, 0.25) is 0 Å². The molecule has 1 aliphatic carbocycles. The maximum Gasteiger partial charge on any atom is 0.257 e. The number of nitrogens with one attached hydrogen (secondary N) is 1. The van der Waals surface area contributed by atoms with Crippen molar-refractivity contribution in [3.05, 3.63) is 71.8 Å². The first kappa shape index (κ1) is 17.7. The molecule has 0 saturated carbocycles. The van der Waals surface area contributed by atoms with Crippen molar-refractivity contribution in [2.45, 2.75) is 25.3 Å². The van der Waals surface area contributed by atoms with E-state index in [0.717, 1.165) is 25.3 Å². The SMILES string of the molecule is C=CC(=O)Nc1ccc(O)c(C(=O)N(C)C2CCc3ccccc3C2)c1. The summed E-state index contributed by atoms with van der Waals surface area (Å²) in [5.41, 5.74) is 3.22. The first-order chi connectivity index (χ1) is 12.5. The second kappa shape index (κ2) is 7.44. The molecule has 0 heterocycles. The summed E-state index contributed by atoms with van der Waals surface area (Å²) in [7, 11) is 1.76. The number of amides is 2. The van der Waals surface area contributed by atoms with E-state index in [4.69, 9.17) is 0 Å². The number of phenolic OH excluding ortho intramolecular Hbond substituents is 1. The topological polar surface area (TPSA) is 69.6 Å². The van der Waals surface area contributed by atoms with Crippen molar-refractivity contribution in [1.82, 2.24) is 4.90 Å². The zero-order chi connectivity index (χ0) is 18.7. The number of carbonyl (C=O) groups excluding carboxylic acids is 2. The molecule has 0 aliphatic heterocycles. The van der Waals surface area contributed by atoms with Crippen LogP contribution in [0.15, 0.2) is 55.1 Å². The average Bonchev–Trinajstić information content (AvgIpc) is 2.67.